The van der Waals surface area contributed by atoms with Crippen LogP contribution in [0.3, 0.4) is 0 Å². The number of rotatable bonds is 3. The fraction of sp³-hybridized carbons (Fsp3) is 0.375. The van der Waals surface area contributed by atoms with Crippen LogP contribution in [-0.4, -0.2) is 35.4 Å². The topological polar surface area (TPSA) is 72.4 Å². The van der Waals surface area contributed by atoms with Gasteiger partial charge in [0.25, 0.3) is 5.91 Å². The van der Waals surface area contributed by atoms with Crippen molar-refractivity contribution in [1.29, 1.82) is 0 Å². The summed E-state index contributed by atoms with van der Waals surface area (Å²) in [5, 5.41) is 0.529. The van der Waals surface area contributed by atoms with Gasteiger partial charge in [0.2, 0.25) is 0 Å². The number of aromatic nitrogens is 1. The quantitative estimate of drug-likeness (QED) is 0.944. The Morgan fingerprint density at radius 2 is 2.27 bits per heavy atom. The third kappa shape index (κ3) is 2.62. The van der Waals surface area contributed by atoms with E-state index in [-0.39, 0.29) is 11.3 Å². The lowest BCUT2D eigenvalue weighted by molar-refractivity contribution is 0.0772. The molecule has 1 aliphatic heterocycles. The Morgan fingerprint density at radius 3 is 2.95 bits per heavy atom. The van der Waals surface area contributed by atoms with Crippen LogP contribution in [0.15, 0.2) is 35.1 Å². The number of halogens is 1. The Hall–Kier alpha value is -1.85. The van der Waals surface area contributed by atoms with E-state index in [1.54, 1.807) is 11.0 Å². The largest absolute Gasteiger partial charge is 0.443 e. The van der Waals surface area contributed by atoms with Gasteiger partial charge in [0.15, 0.2) is 17.8 Å². The normalized spacial score (nSPS) is 21.3. The fourth-order valence-corrected chi connectivity index (χ4v) is 2.97. The summed E-state index contributed by atoms with van der Waals surface area (Å²) in [4.78, 5) is 18.6. The highest BCUT2D eigenvalue weighted by atomic mass is 35.5. The average Bonchev–Trinajstić information content (AvgIpc) is 3.14. The molecular weight excluding hydrogens is 302 g/mol. The number of nitrogens with zero attached hydrogens (tertiary/aromatic N) is 2. The van der Waals surface area contributed by atoms with Gasteiger partial charge < -0.3 is 15.1 Å². The van der Waals surface area contributed by atoms with Crippen molar-refractivity contribution in [3.8, 4) is 11.3 Å². The van der Waals surface area contributed by atoms with Gasteiger partial charge in [-0.2, -0.15) is 0 Å². The van der Waals surface area contributed by atoms with Gasteiger partial charge in [0, 0.05) is 18.7 Å². The molecule has 0 aliphatic carbocycles. The second kappa shape index (κ2) is 5.74. The summed E-state index contributed by atoms with van der Waals surface area (Å²) in [6, 6.07) is 7.25. The van der Waals surface area contributed by atoms with Crippen LogP contribution < -0.4 is 5.73 Å². The zero-order chi connectivity index (χ0) is 15.7. The highest BCUT2D eigenvalue weighted by Gasteiger charge is 2.37. The van der Waals surface area contributed by atoms with Crippen LogP contribution in [0.4, 0.5) is 0 Å². The second-order valence-electron chi connectivity index (χ2n) is 6.00. The number of hydrogen-bond donors (Lipinski definition) is 1. The molecule has 0 radical (unpaired) electrons. The minimum absolute atomic E-state index is 0.0239. The molecule has 0 bridgehead atoms. The van der Waals surface area contributed by atoms with Gasteiger partial charge in [-0.3, -0.25) is 4.79 Å². The number of carbonyl (C=O) groups is 1. The molecule has 1 saturated heterocycles. The van der Waals surface area contributed by atoms with Gasteiger partial charge in [0.1, 0.15) is 0 Å². The number of benzene rings is 1. The maximum atomic E-state index is 12.7. The van der Waals surface area contributed by atoms with E-state index in [1.165, 1.54) is 6.39 Å². The van der Waals surface area contributed by atoms with Gasteiger partial charge in [-0.15, -0.1) is 0 Å². The molecule has 1 unspecified atom stereocenters. The van der Waals surface area contributed by atoms with Gasteiger partial charge >= 0.3 is 0 Å². The number of oxazole rings is 1. The molecule has 6 heteroatoms. The van der Waals surface area contributed by atoms with Crippen molar-refractivity contribution < 1.29 is 9.21 Å². The number of nitrogens with two attached hydrogens (primary N) is 1. The van der Waals surface area contributed by atoms with Crippen LogP contribution in [0, 0.1) is 5.41 Å². The Balaban J connectivity index is 1.90. The summed E-state index contributed by atoms with van der Waals surface area (Å²) in [5.41, 5.74) is 6.75. The van der Waals surface area contributed by atoms with Crippen LogP contribution >= 0.6 is 11.6 Å². The monoisotopic (exact) mass is 319 g/mol. The van der Waals surface area contributed by atoms with E-state index in [4.69, 9.17) is 21.8 Å². The smallest absolute Gasteiger partial charge is 0.276 e. The molecule has 1 atom stereocenters. The van der Waals surface area contributed by atoms with Crippen LogP contribution in [0.1, 0.15) is 23.8 Å². The van der Waals surface area contributed by atoms with Crippen molar-refractivity contribution in [3.05, 3.63) is 41.4 Å². The molecule has 116 valence electrons. The Kier molecular flexibility index (Phi) is 3.93. The molecule has 1 aromatic carbocycles. The van der Waals surface area contributed by atoms with E-state index in [9.17, 15) is 4.79 Å². The molecule has 0 spiro atoms. The van der Waals surface area contributed by atoms with E-state index < -0.39 is 0 Å². The van der Waals surface area contributed by atoms with E-state index in [0.717, 1.165) is 6.42 Å². The maximum Gasteiger partial charge on any atom is 0.276 e. The van der Waals surface area contributed by atoms with E-state index in [1.807, 2.05) is 18.2 Å². The molecule has 1 fully saturated rings. The molecule has 1 aromatic heterocycles. The molecular formula is C16H18ClN3O2. The third-order valence-corrected chi connectivity index (χ3v) is 4.56. The minimum Gasteiger partial charge on any atom is -0.443 e. The van der Waals surface area contributed by atoms with E-state index >= 15 is 0 Å². The van der Waals surface area contributed by atoms with Crippen LogP contribution in [0.5, 0.6) is 0 Å². The summed E-state index contributed by atoms with van der Waals surface area (Å²) >= 11 is 6.19. The molecule has 2 aromatic rings. The summed E-state index contributed by atoms with van der Waals surface area (Å²) < 4.78 is 5.42. The first kappa shape index (κ1) is 15.1. The molecule has 1 amide bonds. The lowest BCUT2D eigenvalue weighted by Crippen LogP contribution is -2.34. The van der Waals surface area contributed by atoms with Crippen LogP contribution in [0.25, 0.3) is 11.3 Å². The summed E-state index contributed by atoms with van der Waals surface area (Å²) in [7, 11) is 0. The van der Waals surface area contributed by atoms with Gasteiger partial charge in [-0.25, -0.2) is 4.98 Å². The molecule has 0 saturated carbocycles. The molecule has 1 aliphatic rings. The summed E-state index contributed by atoms with van der Waals surface area (Å²) in [6.45, 7) is 3.98. The lowest BCUT2D eigenvalue weighted by atomic mass is 9.90. The van der Waals surface area contributed by atoms with Gasteiger partial charge in [-0.05, 0) is 30.5 Å². The molecule has 22 heavy (non-hydrogen) atoms. The first-order valence-electron chi connectivity index (χ1n) is 7.22. The lowest BCUT2D eigenvalue weighted by Gasteiger charge is -2.22. The third-order valence-electron chi connectivity index (χ3n) is 4.23. The SMILES string of the molecule is CC1(CN)CCN(C(=O)c2ncoc2-c2ccccc2Cl)C1. The van der Waals surface area contributed by atoms with Crippen molar-refractivity contribution >= 4 is 17.5 Å². The van der Waals surface area contributed by atoms with E-state index in [2.05, 4.69) is 11.9 Å². The highest BCUT2D eigenvalue weighted by Crippen LogP contribution is 2.33. The summed E-state index contributed by atoms with van der Waals surface area (Å²) in [5.74, 6) is 0.276. The molecule has 2 N–H and O–H groups in total. The Labute approximate surface area is 134 Å². The van der Waals surface area contributed by atoms with Gasteiger partial charge in [-0.1, -0.05) is 30.7 Å². The fourth-order valence-electron chi connectivity index (χ4n) is 2.75. The molecule has 2 heterocycles. The molecule has 5 nitrogen and oxygen atoms in total. The van der Waals surface area contributed by atoms with Crippen molar-refractivity contribution in [2.75, 3.05) is 19.6 Å². The zero-order valence-corrected chi connectivity index (χ0v) is 13.1. The van der Waals surface area contributed by atoms with Crippen LogP contribution in [-0.2, 0) is 0 Å². The van der Waals surface area contributed by atoms with E-state index in [0.29, 0.717) is 41.7 Å². The number of likely N-dealkylation sites (tertiary alicyclic amines) is 1. The van der Waals surface area contributed by atoms with Crippen molar-refractivity contribution in [1.82, 2.24) is 9.88 Å². The standard InChI is InChI=1S/C16H18ClN3O2/c1-16(8-18)6-7-20(9-16)15(21)13-14(22-10-19-13)11-4-2-3-5-12(11)17/h2-5,10H,6-9,18H2,1H3. The summed E-state index contributed by atoms with van der Waals surface area (Å²) in [6.07, 6.45) is 2.18. The first-order chi connectivity index (χ1) is 10.5. The Bertz CT molecular complexity index is 700. The first-order valence-corrected chi connectivity index (χ1v) is 7.60. The van der Waals surface area contributed by atoms with Crippen molar-refractivity contribution in [3.63, 3.8) is 0 Å². The Morgan fingerprint density at radius 1 is 1.50 bits per heavy atom. The second-order valence-corrected chi connectivity index (χ2v) is 6.41. The predicted molar refractivity (Wildman–Crippen MR) is 84.6 cm³/mol. The van der Waals surface area contributed by atoms with Crippen molar-refractivity contribution in [2.24, 2.45) is 11.1 Å². The maximum absolute atomic E-state index is 12.7. The number of amides is 1. The minimum atomic E-state index is -0.138. The van der Waals surface area contributed by atoms with Crippen LogP contribution in [0.2, 0.25) is 5.02 Å². The molecule has 3 rings (SSSR count). The average molecular weight is 320 g/mol. The van der Waals surface area contributed by atoms with Gasteiger partial charge in [0.05, 0.1) is 5.02 Å². The van der Waals surface area contributed by atoms with Crippen molar-refractivity contribution in [2.45, 2.75) is 13.3 Å². The number of carbonyl (C=O) groups excluding carboxylic acids is 1. The zero-order valence-electron chi connectivity index (χ0n) is 12.4. The predicted octanol–water partition coefficient (Wildman–Crippen LogP) is 2.81. The number of hydrogen-bond acceptors (Lipinski definition) is 4. The highest BCUT2D eigenvalue weighted by molar-refractivity contribution is 6.33.